The number of benzene rings is 1. The van der Waals surface area contributed by atoms with Crippen molar-refractivity contribution in [2.75, 3.05) is 11.9 Å². The second-order valence-corrected chi connectivity index (χ2v) is 2.63. The monoisotopic (exact) mass is 192 g/mol. The molecule has 5 N–H and O–H groups in total. The minimum Gasteiger partial charge on any atom is -0.378 e. The molecule has 14 heavy (non-hydrogen) atoms. The molecule has 0 heterocycles. The van der Waals surface area contributed by atoms with Gasteiger partial charge in [-0.2, -0.15) is 0 Å². The van der Waals surface area contributed by atoms with Crippen LogP contribution in [0.15, 0.2) is 29.3 Å². The third-order valence-electron chi connectivity index (χ3n) is 1.49. The minimum atomic E-state index is 0.0116. The van der Waals surface area contributed by atoms with Crippen molar-refractivity contribution in [1.82, 2.24) is 0 Å². The van der Waals surface area contributed by atoms with Crippen molar-refractivity contribution in [3.05, 3.63) is 24.3 Å². The summed E-state index contributed by atoms with van der Waals surface area (Å²) in [6, 6.07) is 7.15. The van der Waals surface area contributed by atoms with Crippen LogP contribution in [-0.2, 0) is 4.79 Å². The van der Waals surface area contributed by atoms with Gasteiger partial charge in [0.15, 0.2) is 5.96 Å². The summed E-state index contributed by atoms with van der Waals surface area (Å²) >= 11 is 0. The van der Waals surface area contributed by atoms with Crippen molar-refractivity contribution in [2.45, 2.75) is 0 Å². The van der Waals surface area contributed by atoms with Gasteiger partial charge in [-0.1, -0.05) is 6.07 Å². The smallest absolute Gasteiger partial charge is 0.191 e. The van der Waals surface area contributed by atoms with Crippen LogP contribution in [0.1, 0.15) is 0 Å². The Balaban J connectivity index is 2.78. The Morgan fingerprint density at radius 3 is 2.93 bits per heavy atom. The molecule has 5 heteroatoms. The lowest BCUT2D eigenvalue weighted by molar-refractivity contribution is -0.106. The second-order valence-electron chi connectivity index (χ2n) is 2.63. The highest BCUT2D eigenvalue weighted by atomic mass is 16.1. The fraction of sp³-hybridized carbons (Fsp3) is 0.111. The number of aliphatic imine (C=N–C) groups is 1. The number of rotatable bonds is 4. The summed E-state index contributed by atoms with van der Waals surface area (Å²) in [5.41, 5.74) is 11.9. The number of hydrogen-bond donors (Lipinski definition) is 3. The summed E-state index contributed by atoms with van der Waals surface area (Å²) in [5, 5.41) is 2.89. The van der Waals surface area contributed by atoms with Gasteiger partial charge in [0.1, 0.15) is 6.29 Å². The van der Waals surface area contributed by atoms with Gasteiger partial charge in [-0.25, -0.2) is 4.99 Å². The molecule has 5 nitrogen and oxygen atoms in total. The van der Waals surface area contributed by atoms with E-state index in [0.717, 1.165) is 12.0 Å². The van der Waals surface area contributed by atoms with Crippen molar-refractivity contribution in [3.8, 4) is 0 Å². The van der Waals surface area contributed by atoms with Crippen molar-refractivity contribution < 1.29 is 4.79 Å². The Kier molecular flexibility index (Phi) is 3.49. The lowest BCUT2D eigenvalue weighted by Gasteiger charge is -2.02. The van der Waals surface area contributed by atoms with Gasteiger partial charge in [-0.05, 0) is 18.2 Å². The molecule has 0 aliphatic carbocycles. The van der Waals surface area contributed by atoms with Gasteiger partial charge >= 0.3 is 0 Å². The van der Waals surface area contributed by atoms with E-state index in [2.05, 4.69) is 10.3 Å². The molecule has 0 aliphatic rings. The molecule has 1 aromatic rings. The van der Waals surface area contributed by atoms with Crippen molar-refractivity contribution in [3.63, 3.8) is 0 Å². The predicted octanol–water partition coefficient (Wildman–Crippen LogP) is 0.202. The van der Waals surface area contributed by atoms with Crippen LogP contribution in [0.2, 0.25) is 0 Å². The van der Waals surface area contributed by atoms with Crippen LogP contribution in [0.25, 0.3) is 0 Å². The number of nitrogens with one attached hydrogen (secondary N) is 1. The molecule has 0 aromatic heterocycles. The number of hydrogen-bond acceptors (Lipinski definition) is 3. The summed E-state index contributed by atoms with van der Waals surface area (Å²) in [4.78, 5) is 14.0. The van der Waals surface area contributed by atoms with Gasteiger partial charge in [0, 0.05) is 5.69 Å². The second kappa shape index (κ2) is 4.86. The highest BCUT2D eigenvalue weighted by Gasteiger charge is 1.93. The van der Waals surface area contributed by atoms with E-state index in [4.69, 9.17) is 11.5 Å². The van der Waals surface area contributed by atoms with E-state index in [1.807, 2.05) is 6.07 Å². The first-order chi connectivity index (χ1) is 6.72. The van der Waals surface area contributed by atoms with Crippen LogP contribution in [0.3, 0.4) is 0 Å². The Morgan fingerprint density at radius 2 is 2.29 bits per heavy atom. The molecule has 0 saturated carbocycles. The SMILES string of the molecule is NC(N)=Nc1cccc(NCC=O)c1. The maximum Gasteiger partial charge on any atom is 0.191 e. The highest BCUT2D eigenvalue weighted by molar-refractivity contribution is 5.79. The van der Waals surface area contributed by atoms with Crippen molar-refractivity contribution in [1.29, 1.82) is 0 Å². The highest BCUT2D eigenvalue weighted by Crippen LogP contribution is 2.16. The average molecular weight is 192 g/mol. The number of nitrogens with zero attached hydrogens (tertiary/aromatic N) is 1. The first kappa shape index (κ1) is 10.0. The van der Waals surface area contributed by atoms with Gasteiger partial charge in [0.2, 0.25) is 0 Å². The van der Waals surface area contributed by atoms with E-state index in [1.54, 1.807) is 18.2 Å². The molecule has 0 amide bonds. The first-order valence-corrected chi connectivity index (χ1v) is 4.09. The van der Waals surface area contributed by atoms with Gasteiger partial charge in [-0.3, -0.25) is 0 Å². The zero-order valence-electron chi connectivity index (χ0n) is 7.60. The number of carbonyl (C=O) groups is 1. The molecule has 0 aliphatic heterocycles. The fourth-order valence-corrected chi connectivity index (χ4v) is 0.994. The van der Waals surface area contributed by atoms with Gasteiger partial charge in [0.25, 0.3) is 0 Å². The largest absolute Gasteiger partial charge is 0.378 e. The average Bonchev–Trinajstić information content (AvgIpc) is 2.14. The lowest BCUT2D eigenvalue weighted by Crippen LogP contribution is -2.21. The molecule has 0 atom stereocenters. The minimum absolute atomic E-state index is 0.0116. The number of aldehydes is 1. The van der Waals surface area contributed by atoms with Gasteiger partial charge in [-0.15, -0.1) is 0 Å². The maximum atomic E-state index is 10.1. The third kappa shape index (κ3) is 3.14. The predicted molar refractivity (Wildman–Crippen MR) is 56.5 cm³/mol. The normalized spacial score (nSPS) is 9.14. The molecule has 1 rings (SSSR count). The van der Waals surface area contributed by atoms with Crippen LogP contribution in [0.5, 0.6) is 0 Å². The molecule has 0 bridgehead atoms. The molecule has 0 spiro atoms. The fourth-order valence-electron chi connectivity index (χ4n) is 0.994. The molecule has 0 radical (unpaired) electrons. The summed E-state index contributed by atoms with van der Waals surface area (Å²) in [6.45, 7) is 0.269. The molecule has 1 aromatic carbocycles. The molecule has 0 unspecified atom stereocenters. The van der Waals surface area contributed by atoms with E-state index in [-0.39, 0.29) is 12.5 Å². The Labute approximate surface area is 81.8 Å². The summed E-state index contributed by atoms with van der Waals surface area (Å²) in [5.74, 6) is 0.0116. The van der Waals surface area contributed by atoms with Crippen LogP contribution < -0.4 is 16.8 Å². The van der Waals surface area contributed by atoms with Crippen LogP contribution in [0.4, 0.5) is 11.4 Å². The molecule has 0 fully saturated rings. The van der Waals surface area contributed by atoms with Crippen LogP contribution in [-0.4, -0.2) is 18.8 Å². The first-order valence-electron chi connectivity index (χ1n) is 4.09. The maximum absolute atomic E-state index is 10.1. The van der Waals surface area contributed by atoms with Crippen LogP contribution in [0, 0.1) is 0 Å². The number of anilines is 1. The van der Waals surface area contributed by atoms with Crippen molar-refractivity contribution >= 4 is 23.6 Å². The molecular weight excluding hydrogens is 180 g/mol. The number of nitrogens with two attached hydrogens (primary N) is 2. The van der Waals surface area contributed by atoms with Gasteiger partial charge < -0.3 is 21.6 Å². The number of carbonyl (C=O) groups excluding carboxylic acids is 1. The van der Waals surface area contributed by atoms with E-state index < -0.39 is 0 Å². The molecule has 0 saturated heterocycles. The van der Waals surface area contributed by atoms with E-state index in [0.29, 0.717) is 5.69 Å². The van der Waals surface area contributed by atoms with Crippen molar-refractivity contribution in [2.24, 2.45) is 16.5 Å². The van der Waals surface area contributed by atoms with Gasteiger partial charge in [0.05, 0.1) is 12.2 Å². The topological polar surface area (TPSA) is 93.5 Å². The quantitative estimate of drug-likeness (QED) is 0.361. The zero-order valence-corrected chi connectivity index (χ0v) is 7.60. The number of guanidine groups is 1. The summed E-state index contributed by atoms with van der Waals surface area (Å²) in [6.07, 6.45) is 0.785. The van der Waals surface area contributed by atoms with Crippen LogP contribution >= 0.6 is 0 Å². The van der Waals surface area contributed by atoms with E-state index in [1.165, 1.54) is 0 Å². The summed E-state index contributed by atoms with van der Waals surface area (Å²) < 4.78 is 0. The Morgan fingerprint density at radius 1 is 1.50 bits per heavy atom. The molecule has 74 valence electrons. The van der Waals surface area contributed by atoms with E-state index >= 15 is 0 Å². The molecular formula is C9H12N4O. The zero-order chi connectivity index (χ0) is 10.4. The van der Waals surface area contributed by atoms with E-state index in [9.17, 15) is 4.79 Å². The third-order valence-corrected chi connectivity index (χ3v) is 1.49. The Bertz CT molecular complexity index is 344. The lowest BCUT2D eigenvalue weighted by atomic mass is 10.3. The Hall–Kier alpha value is -2.04. The summed E-state index contributed by atoms with van der Waals surface area (Å²) in [7, 11) is 0. The standard InChI is InChI=1S/C9H12N4O/c10-9(11)13-8-3-1-2-7(6-8)12-4-5-14/h1-3,5-6,12H,4H2,(H4,10,11,13).